The average Bonchev–Trinajstić information content (AvgIpc) is 2.45. The van der Waals surface area contributed by atoms with Crippen molar-refractivity contribution < 1.29 is 9.66 Å². The Morgan fingerprint density at radius 2 is 1.71 bits per heavy atom. The lowest BCUT2D eigenvalue weighted by molar-refractivity contribution is -0.385. The lowest BCUT2D eigenvalue weighted by atomic mass is 10.2. The summed E-state index contributed by atoms with van der Waals surface area (Å²) in [6, 6.07) is 9.79. The predicted octanol–water partition coefficient (Wildman–Crippen LogP) is 5.38. The summed E-state index contributed by atoms with van der Waals surface area (Å²) < 4.78 is 5.66. The molecule has 0 aliphatic rings. The third-order valence-electron chi connectivity index (χ3n) is 2.87. The summed E-state index contributed by atoms with van der Waals surface area (Å²) in [5, 5.41) is 12.4. The third-order valence-corrected chi connectivity index (χ3v) is 4.14. The molecule has 2 aromatic carbocycles. The zero-order valence-corrected chi connectivity index (χ0v) is 13.8. The predicted molar refractivity (Wildman–Crippen MR) is 86.5 cm³/mol. The number of nitrogens with zero attached hydrogens (tertiary/aromatic N) is 1. The van der Waals surface area contributed by atoms with Crippen molar-refractivity contribution in [3.63, 3.8) is 0 Å². The van der Waals surface area contributed by atoms with Crippen LogP contribution < -0.4 is 4.74 Å². The topological polar surface area (TPSA) is 52.4 Å². The zero-order valence-electron chi connectivity index (χ0n) is 10.7. The van der Waals surface area contributed by atoms with E-state index in [9.17, 15) is 10.1 Å². The molecule has 21 heavy (non-hydrogen) atoms. The van der Waals surface area contributed by atoms with Crippen LogP contribution >= 0.6 is 39.1 Å². The van der Waals surface area contributed by atoms with Gasteiger partial charge in [-0.15, -0.1) is 0 Å². The minimum absolute atomic E-state index is 0.00364. The number of nitro benzene ring substituents is 1. The van der Waals surface area contributed by atoms with Crippen LogP contribution in [0.3, 0.4) is 0 Å². The van der Waals surface area contributed by atoms with Gasteiger partial charge in [-0.25, -0.2) is 0 Å². The van der Waals surface area contributed by atoms with Crippen LogP contribution in [-0.4, -0.2) is 4.92 Å². The molecule has 0 N–H and O–H groups in total. The van der Waals surface area contributed by atoms with Gasteiger partial charge in [0.1, 0.15) is 12.4 Å². The summed E-state index contributed by atoms with van der Waals surface area (Å²) in [5.41, 5.74) is 1.06. The van der Waals surface area contributed by atoms with Crippen LogP contribution in [0.4, 0.5) is 5.69 Å². The van der Waals surface area contributed by atoms with Gasteiger partial charge in [-0.3, -0.25) is 10.1 Å². The van der Waals surface area contributed by atoms with E-state index >= 15 is 0 Å². The van der Waals surface area contributed by atoms with E-state index in [1.165, 1.54) is 12.1 Å². The Hall–Kier alpha value is -1.30. The molecule has 0 aliphatic heterocycles. The Morgan fingerprint density at radius 1 is 1.10 bits per heavy atom. The first kappa shape index (κ1) is 16.1. The Kier molecular flexibility index (Phi) is 5.45. The Bertz CT molecular complexity index is 679. The van der Waals surface area contributed by atoms with Gasteiger partial charge in [0.05, 0.1) is 15.5 Å². The molecule has 0 radical (unpaired) electrons. The minimum atomic E-state index is -0.478. The van der Waals surface area contributed by atoms with E-state index in [0.29, 0.717) is 26.7 Å². The van der Waals surface area contributed by atoms with Gasteiger partial charge in [0, 0.05) is 22.0 Å². The van der Waals surface area contributed by atoms with Gasteiger partial charge in [0.25, 0.3) is 5.69 Å². The molecule has 0 saturated carbocycles. The molecule has 0 saturated heterocycles. The molecule has 0 aliphatic carbocycles. The number of hydrogen-bond acceptors (Lipinski definition) is 3. The van der Waals surface area contributed by atoms with E-state index in [0.717, 1.165) is 5.56 Å². The van der Waals surface area contributed by atoms with Gasteiger partial charge in [0.15, 0.2) is 0 Å². The summed E-state index contributed by atoms with van der Waals surface area (Å²) >= 11 is 15.4. The molecule has 0 bridgehead atoms. The fourth-order valence-electron chi connectivity index (χ4n) is 1.81. The first-order valence-corrected chi connectivity index (χ1v) is 7.80. The van der Waals surface area contributed by atoms with Crippen molar-refractivity contribution in [2.75, 3.05) is 0 Å². The van der Waals surface area contributed by atoms with E-state index in [1.807, 2.05) is 0 Å². The Labute approximate surface area is 139 Å². The molecule has 0 fully saturated rings. The molecular weight excluding hydrogens is 381 g/mol. The number of alkyl halides is 1. The highest BCUT2D eigenvalue weighted by Crippen LogP contribution is 2.31. The Balaban J connectivity index is 2.29. The van der Waals surface area contributed by atoms with Gasteiger partial charge in [-0.1, -0.05) is 51.3 Å². The Morgan fingerprint density at radius 3 is 2.33 bits per heavy atom. The second-order valence-corrected chi connectivity index (χ2v) is 5.51. The second kappa shape index (κ2) is 7.11. The molecule has 110 valence electrons. The molecule has 0 unspecified atom stereocenters. The molecule has 0 amide bonds. The maximum absolute atomic E-state index is 11.0. The smallest absolute Gasteiger partial charge is 0.277 e. The molecule has 4 nitrogen and oxygen atoms in total. The highest BCUT2D eigenvalue weighted by molar-refractivity contribution is 9.08. The summed E-state index contributed by atoms with van der Waals surface area (Å²) in [5.74, 6) is 0.564. The van der Waals surface area contributed by atoms with Gasteiger partial charge < -0.3 is 4.74 Å². The average molecular weight is 391 g/mol. The second-order valence-electron chi connectivity index (χ2n) is 4.13. The molecule has 0 heterocycles. The minimum Gasteiger partial charge on any atom is -0.488 e. The number of nitro groups is 1. The van der Waals surface area contributed by atoms with Crippen LogP contribution in [0.5, 0.6) is 5.75 Å². The molecule has 2 aromatic rings. The normalized spacial score (nSPS) is 10.4. The maximum Gasteiger partial charge on any atom is 0.277 e. The SMILES string of the molecule is O=[N+]([O-])c1cccc(Cl)c1COc1cccc(Cl)c1CBr. The lowest BCUT2D eigenvalue weighted by Gasteiger charge is -2.12. The summed E-state index contributed by atoms with van der Waals surface area (Å²) in [4.78, 5) is 10.5. The van der Waals surface area contributed by atoms with Gasteiger partial charge in [0.2, 0.25) is 0 Å². The fourth-order valence-corrected chi connectivity index (χ4v) is 3.01. The molecule has 7 heteroatoms. The highest BCUT2D eigenvalue weighted by atomic mass is 79.9. The van der Waals surface area contributed by atoms with E-state index in [2.05, 4.69) is 15.9 Å². The number of ether oxygens (including phenoxy) is 1. The van der Waals surface area contributed by atoms with Crippen molar-refractivity contribution in [1.82, 2.24) is 0 Å². The first-order chi connectivity index (χ1) is 10.0. The summed E-state index contributed by atoms with van der Waals surface area (Å²) in [6.07, 6.45) is 0. The summed E-state index contributed by atoms with van der Waals surface area (Å²) in [7, 11) is 0. The van der Waals surface area contributed by atoms with Gasteiger partial charge in [-0.05, 0) is 18.2 Å². The molecule has 0 atom stereocenters. The van der Waals surface area contributed by atoms with Crippen molar-refractivity contribution in [1.29, 1.82) is 0 Å². The number of halogens is 3. The highest BCUT2D eigenvalue weighted by Gasteiger charge is 2.18. The monoisotopic (exact) mass is 389 g/mol. The zero-order chi connectivity index (χ0) is 15.4. The van der Waals surface area contributed by atoms with Crippen LogP contribution in [0.1, 0.15) is 11.1 Å². The van der Waals surface area contributed by atoms with Gasteiger partial charge >= 0.3 is 0 Å². The number of rotatable bonds is 5. The maximum atomic E-state index is 11.0. The van der Waals surface area contributed by atoms with Crippen LogP contribution in [0.25, 0.3) is 0 Å². The van der Waals surface area contributed by atoms with Gasteiger partial charge in [-0.2, -0.15) is 0 Å². The number of hydrogen-bond donors (Lipinski definition) is 0. The van der Waals surface area contributed by atoms with E-state index < -0.39 is 4.92 Å². The lowest BCUT2D eigenvalue weighted by Crippen LogP contribution is -2.03. The van der Waals surface area contributed by atoms with Crippen molar-refractivity contribution in [3.8, 4) is 5.75 Å². The third kappa shape index (κ3) is 3.67. The summed E-state index contributed by atoms with van der Waals surface area (Å²) in [6.45, 7) is -0.00364. The van der Waals surface area contributed by atoms with E-state index in [4.69, 9.17) is 27.9 Å². The van der Waals surface area contributed by atoms with Crippen LogP contribution in [0.2, 0.25) is 10.0 Å². The van der Waals surface area contributed by atoms with Crippen molar-refractivity contribution in [3.05, 3.63) is 67.7 Å². The number of benzene rings is 2. The largest absolute Gasteiger partial charge is 0.488 e. The van der Waals surface area contributed by atoms with Crippen molar-refractivity contribution in [2.24, 2.45) is 0 Å². The fraction of sp³-hybridized carbons (Fsp3) is 0.143. The van der Waals surface area contributed by atoms with E-state index in [1.54, 1.807) is 24.3 Å². The van der Waals surface area contributed by atoms with Crippen molar-refractivity contribution >= 4 is 44.8 Å². The molecule has 0 aromatic heterocycles. The quantitative estimate of drug-likeness (QED) is 0.391. The van der Waals surface area contributed by atoms with Crippen LogP contribution in [0, 0.1) is 10.1 Å². The van der Waals surface area contributed by atoms with Crippen molar-refractivity contribution in [2.45, 2.75) is 11.9 Å². The standard InChI is InChI=1S/C14H10BrCl2NO3/c15-7-9-11(16)4-2-6-14(9)21-8-10-12(17)3-1-5-13(10)18(19)20/h1-6H,7-8H2. The van der Waals surface area contributed by atoms with Crippen LogP contribution in [0.15, 0.2) is 36.4 Å². The molecule has 2 rings (SSSR count). The van der Waals surface area contributed by atoms with E-state index in [-0.39, 0.29) is 12.3 Å². The molecule has 0 spiro atoms. The van der Waals surface area contributed by atoms with Crippen LogP contribution in [-0.2, 0) is 11.9 Å². The molecular formula is C14H10BrCl2NO3. The first-order valence-electron chi connectivity index (χ1n) is 5.92.